The van der Waals surface area contributed by atoms with E-state index >= 15 is 0 Å². The molecule has 5 aromatic heterocycles. The second kappa shape index (κ2) is 9.85. The number of nitrogens with one attached hydrogen (secondary N) is 4. The van der Waals surface area contributed by atoms with Gasteiger partial charge in [-0.3, -0.25) is 14.6 Å². The fraction of sp³-hybridized carbons (Fsp3) is 0.324. The van der Waals surface area contributed by atoms with Crippen LogP contribution < -0.4 is 10.6 Å². The molecule has 0 aromatic carbocycles. The van der Waals surface area contributed by atoms with Crippen molar-refractivity contribution in [3.8, 4) is 33.8 Å². The molecule has 0 bridgehead atoms. The molecule has 0 saturated heterocycles. The van der Waals surface area contributed by atoms with Crippen molar-refractivity contribution < 1.29 is 14.0 Å². The molecule has 0 atom stereocenters. The normalized spacial score (nSPS) is 19.4. The Kier molecular flexibility index (Phi) is 5.79. The first kappa shape index (κ1) is 28.2. The van der Waals surface area contributed by atoms with Crippen LogP contribution in [-0.4, -0.2) is 47.8 Å². The maximum absolute atomic E-state index is 13.5. The third-order valence-corrected chi connectivity index (χ3v) is 11.3. The summed E-state index contributed by atoms with van der Waals surface area (Å²) in [7, 11) is 0. The standard InChI is InChI=1S/C21H17FN4O.C16H14ClN3O/c22-17-7-11(3-6-23-17)15-8-14-12(10-24-15)1-2-13-18-16(25-19(13)14)9-21(4-5-21)26-20(18)27;17-12-5-10-8(7-18-12)1-2-9-13-11(19-14(9)10)6-16(3-4-16)20-15(13)21/h3,6-8,10,25H,1-2,4-5,9H2,(H,26,27);5,7,19H,1-4,6H2,(H,20,21). The van der Waals surface area contributed by atoms with Crippen LogP contribution in [0.4, 0.5) is 4.39 Å². The number of hydrogen-bond donors (Lipinski definition) is 4. The van der Waals surface area contributed by atoms with Gasteiger partial charge in [-0.25, -0.2) is 9.97 Å². The number of pyridine rings is 3. The number of fused-ring (bicyclic) bond motifs is 10. The van der Waals surface area contributed by atoms with Crippen LogP contribution in [0, 0.1) is 5.95 Å². The number of hydrogen-bond acceptors (Lipinski definition) is 5. The van der Waals surface area contributed by atoms with E-state index in [-0.39, 0.29) is 22.9 Å². The third-order valence-electron chi connectivity index (χ3n) is 11.1. The largest absolute Gasteiger partial charge is 0.357 e. The molecular weight excluding hydrogens is 629 g/mol. The summed E-state index contributed by atoms with van der Waals surface area (Å²) in [5, 5.41) is 6.90. The maximum atomic E-state index is 13.5. The highest BCUT2D eigenvalue weighted by Crippen LogP contribution is 2.47. The van der Waals surface area contributed by atoms with E-state index in [1.54, 1.807) is 6.07 Å². The molecular formula is C37H31ClFN7O2. The van der Waals surface area contributed by atoms with Crippen molar-refractivity contribution in [1.29, 1.82) is 0 Å². The predicted molar refractivity (Wildman–Crippen MR) is 177 cm³/mol. The van der Waals surface area contributed by atoms with Gasteiger partial charge in [-0.05, 0) is 91.8 Å². The molecule has 4 aliphatic carbocycles. The molecule has 2 spiro atoms. The van der Waals surface area contributed by atoms with E-state index in [1.807, 2.05) is 24.5 Å². The fourth-order valence-electron chi connectivity index (χ4n) is 8.29. The fourth-order valence-corrected chi connectivity index (χ4v) is 8.44. The minimum Gasteiger partial charge on any atom is -0.357 e. The second-order valence-corrected chi connectivity index (χ2v) is 14.6. The smallest absolute Gasteiger partial charge is 0.253 e. The summed E-state index contributed by atoms with van der Waals surface area (Å²) in [6.07, 6.45) is 14.7. The zero-order valence-electron chi connectivity index (χ0n) is 26.0. The number of carbonyl (C=O) groups is 2. The molecule has 2 fully saturated rings. The zero-order chi connectivity index (χ0) is 32.4. The van der Waals surface area contributed by atoms with Gasteiger partial charge in [-0.1, -0.05) is 11.6 Å². The molecule has 11 heteroatoms. The third kappa shape index (κ3) is 4.38. The Labute approximate surface area is 280 Å². The summed E-state index contributed by atoms with van der Waals surface area (Å²) in [5.74, 6) is -0.371. The van der Waals surface area contributed by atoms with Crippen LogP contribution in [0.3, 0.4) is 0 Å². The van der Waals surface area contributed by atoms with Crippen LogP contribution in [0.2, 0.25) is 5.15 Å². The topological polar surface area (TPSA) is 128 Å². The van der Waals surface area contributed by atoms with Crippen LogP contribution in [0.15, 0.2) is 42.9 Å². The van der Waals surface area contributed by atoms with Gasteiger partial charge in [0.1, 0.15) is 5.15 Å². The molecule has 0 unspecified atom stereocenters. The second-order valence-electron chi connectivity index (χ2n) is 14.2. The predicted octanol–water partition coefficient (Wildman–Crippen LogP) is 5.84. The van der Waals surface area contributed by atoms with Gasteiger partial charge >= 0.3 is 0 Å². The van der Waals surface area contributed by atoms with E-state index in [0.29, 0.717) is 16.4 Å². The van der Waals surface area contributed by atoms with Crippen molar-refractivity contribution in [3.63, 3.8) is 0 Å². The summed E-state index contributed by atoms with van der Waals surface area (Å²) in [5.41, 5.74) is 14.1. The Bertz CT molecular complexity index is 2250. The van der Waals surface area contributed by atoms with Gasteiger partial charge in [0.2, 0.25) is 5.95 Å². The van der Waals surface area contributed by atoms with E-state index in [9.17, 15) is 14.0 Å². The lowest BCUT2D eigenvalue weighted by molar-refractivity contribution is 0.0908. The Morgan fingerprint density at radius 2 is 1.27 bits per heavy atom. The van der Waals surface area contributed by atoms with Gasteiger partial charge in [-0.15, -0.1) is 0 Å². The molecule has 9 nitrogen and oxygen atoms in total. The minimum atomic E-state index is -0.519. The quantitative estimate of drug-likeness (QED) is 0.168. The van der Waals surface area contributed by atoms with Crippen LogP contribution in [0.25, 0.3) is 33.8 Å². The highest BCUT2D eigenvalue weighted by Gasteiger charge is 2.50. The zero-order valence-corrected chi connectivity index (χ0v) is 26.8. The number of aryl methyl sites for hydroxylation is 2. The van der Waals surface area contributed by atoms with Crippen molar-refractivity contribution >= 4 is 23.4 Å². The molecule has 6 aliphatic rings. The molecule has 4 N–H and O–H groups in total. The first-order valence-electron chi connectivity index (χ1n) is 16.7. The molecule has 48 heavy (non-hydrogen) atoms. The Hall–Kier alpha value is -4.83. The number of nitrogens with zero attached hydrogens (tertiary/aromatic N) is 3. The summed E-state index contributed by atoms with van der Waals surface area (Å²) in [6.45, 7) is 0. The van der Waals surface area contributed by atoms with Crippen LogP contribution in [0.1, 0.15) is 80.0 Å². The Morgan fingerprint density at radius 1 is 0.708 bits per heavy atom. The maximum Gasteiger partial charge on any atom is 0.253 e. The lowest BCUT2D eigenvalue weighted by atomic mass is 9.87. The lowest BCUT2D eigenvalue weighted by Gasteiger charge is -2.24. The number of rotatable bonds is 1. The first-order chi connectivity index (χ1) is 23.3. The lowest BCUT2D eigenvalue weighted by Crippen LogP contribution is -2.43. The molecule has 0 radical (unpaired) electrons. The number of amides is 2. The molecule has 5 aromatic rings. The van der Waals surface area contributed by atoms with Crippen molar-refractivity contribution in [3.05, 3.63) is 98.7 Å². The molecule has 11 rings (SSSR count). The van der Waals surface area contributed by atoms with E-state index in [0.717, 1.165) is 126 Å². The van der Waals surface area contributed by atoms with Crippen molar-refractivity contribution in [2.75, 3.05) is 0 Å². The average Bonchev–Trinajstić information content (AvgIpc) is 3.91. The summed E-state index contributed by atoms with van der Waals surface area (Å²) in [6, 6.07) is 7.05. The first-order valence-corrected chi connectivity index (χ1v) is 17.0. The SMILES string of the molecule is O=C1NC2(CC2)Cc2[nH]c3c(c21)CCc1cnc(-c2ccnc(F)c2)cc1-3.O=C1NC2(CC2)Cc2[nH]c3c(c21)CCc1cnc(Cl)cc1-3. The number of carbonyl (C=O) groups excluding carboxylic acids is 2. The van der Waals surface area contributed by atoms with Crippen LogP contribution in [-0.2, 0) is 38.5 Å². The molecule has 2 amide bonds. The van der Waals surface area contributed by atoms with Gasteiger partial charge in [0.15, 0.2) is 0 Å². The Morgan fingerprint density at radius 3 is 1.83 bits per heavy atom. The van der Waals surface area contributed by atoms with Gasteiger partial charge < -0.3 is 20.6 Å². The van der Waals surface area contributed by atoms with E-state index in [4.69, 9.17) is 11.6 Å². The van der Waals surface area contributed by atoms with Gasteiger partial charge in [0.25, 0.3) is 11.8 Å². The molecule has 2 aliphatic heterocycles. The Balaban J connectivity index is 0.000000127. The van der Waals surface area contributed by atoms with E-state index in [1.165, 1.54) is 17.8 Å². The number of H-pyrrole nitrogens is 2. The van der Waals surface area contributed by atoms with Crippen molar-refractivity contribution in [2.45, 2.75) is 75.3 Å². The summed E-state index contributed by atoms with van der Waals surface area (Å²) < 4.78 is 13.5. The average molecular weight is 660 g/mol. The van der Waals surface area contributed by atoms with Gasteiger partial charge in [0.05, 0.1) is 28.2 Å². The number of aromatic amines is 2. The van der Waals surface area contributed by atoms with Crippen LogP contribution in [0.5, 0.6) is 0 Å². The van der Waals surface area contributed by atoms with Gasteiger partial charge in [0, 0.05) is 76.7 Å². The minimum absolute atomic E-state index is 0.0155. The summed E-state index contributed by atoms with van der Waals surface area (Å²) in [4.78, 5) is 44.6. The van der Waals surface area contributed by atoms with Crippen molar-refractivity contribution in [1.82, 2.24) is 35.6 Å². The van der Waals surface area contributed by atoms with E-state index in [2.05, 4.69) is 35.6 Å². The molecule has 7 heterocycles. The van der Waals surface area contributed by atoms with Crippen LogP contribution >= 0.6 is 11.6 Å². The highest BCUT2D eigenvalue weighted by atomic mass is 35.5. The molecule has 240 valence electrons. The monoisotopic (exact) mass is 659 g/mol. The van der Waals surface area contributed by atoms with Gasteiger partial charge in [-0.2, -0.15) is 4.39 Å². The summed E-state index contributed by atoms with van der Waals surface area (Å²) >= 11 is 6.05. The number of aromatic nitrogens is 5. The van der Waals surface area contributed by atoms with Crippen molar-refractivity contribution in [2.24, 2.45) is 0 Å². The van der Waals surface area contributed by atoms with E-state index < -0.39 is 5.95 Å². The highest BCUT2D eigenvalue weighted by molar-refractivity contribution is 6.29. The molecule has 2 saturated carbocycles. The number of halogens is 2.